The number of pyridine rings is 1. The van der Waals surface area contributed by atoms with E-state index in [0.717, 1.165) is 22.2 Å². The molecule has 5 heteroatoms. The number of fused-ring (bicyclic) bond motifs is 1. The van der Waals surface area contributed by atoms with E-state index in [1.54, 1.807) is 24.3 Å². The van der Waals surface area contributed by atoms with Gasteiger partial charge in [-0.15, -0.1) is 0 Å². The third kappa shape index (κ3) is 4.30. The standard InChI is InChI=1S/C26H21ClN2O2/c1-29(2)20-12-8-17(9-13-20)10-15-23(30)25-24(18-6-4-3-5-7-18)21-16-19(27)11-14-22(21)28-26(25)31/h3-16H,1-2H3,(H,28,31)/b15-10+. The molecular formula is C26H21ClN2O2. The summed E-state index contributed by atoms with van der Waals surface area (Å²) in [5, 5.41) is 1.26. The Kier molecular flexibility index (Phi) is 5.74. The Labute approximate surface area is 185 Å². The van der Waals surface area contributed by atoms with Gasteiger partial charge in [-0.25, -0.2) is 0 Å². The summed E-state index contributed by atoms with van der Waals surface area (Å²) in [6.07, 6.45) is 3.16. The van der Waals surface area contributed by atoms with Crippen LogP contribution in [0.1, 0.15) is 15.9 Å². The SMILES string of the molecule is CN(C)c1ccc(/C=C/C(=O)c2c(-c3ccccc3)c3cc(Cl)ccc3[nH]c2=O)cc1. The van der Waals surface area contributed by atoms with Crippen LogP contribution in [-0.4, -0.2) is 24.9 Å². The fourth-order valence-corrected chi connectivity index (χ4v) is 3.72. The molecule has 0 spiro atoms. The molecular weight excluding hydrogens is 408 g/mol. The number of H-pyrrole nitrogens is 1. The van der Waals surface area contributed by atoms with E-state index in [2.05, 4.69) is 4.98 Å². The van der Waals surface area contributed by atoms with Gasteiger partial charge in [-0.05, 0) is 47.5 Å². The maximum absolute atomic E-state index is 13.2. The zero-order chi connectivity index (χ0) is 22.0. The molecule has 1 N–H and O–H groups in total. The van der Waals surface area contributed by atoms with Crippen molar-refractivity contribution in [3.8, 4) is 11.1 Å². The molecule has 0 aliphatic rings. The van der Waals surface area contributed by atoms with Crippen molar-refractivity contribution in [1.82, 2.24) is 4.98 Å². The Hall–Kier alpha value is -3.63. The van der Waals surface area contributed by atoms with Gasteiger partial charge in [0.15, 0.2) is 5.78 Å². The number of allylic oxidation sites excluding steroid dienone is 1. The van der Waals surface area contributed by atoms with Crippen LogP contribution in [0.4, 0.5) is 5.69 Å². The molecule has 1 heterocycles. The van der Waals surface area contributed by atoms with Crippen molar-refractivity contribution in [2.45, 2.75) is 0 Å². The second-order valence-electron chi connectivity index (χ2n) is 7.44. The number of anilines is 1. The Bertz CT molecular complexity index is 1340. The zero-order valence-corrected chi connectivity index (χ0v) is 18.0. The lowest BCUT2D eigenvalue weighted by molar-refractivity contribution is 0.104. The summed E-state index contributed by atoms with van der Waals surface area (Å²) in [5.74, 6) is -0.362. The van der Waals surface area contributed by atoms with E-state index >= 15 is 0 Å². The molecule has 0 radical (unpaired) electrons. The molecule has 0 bridgehead atoms. The first-order valence-electron chi connectivity index (χ1n) is 9.85. The summed E-state index contributed by atoms with van der Waals surface area (Å²) >= 11 is 6.23. The molecule has 0 fully saturated rings. The molecule has 31 heavy (non-hydrogen) atoms. The Balaban J connectivity index is 1.83. The van der Waals surface area contributed by atoms with Gasteiger partial charge in [0, 0.05) is 41.3 Å². The molecule has 4 rings (SSSR count). The molecule has 0 aliphatic heterocycles. The van der Waals surface area contributed by atoms with E-state index in [-0.39, 0.29) is 11.3 Å². The van der Waals surface area contributed by atoms with Gasteiger partial charge in [0.2, 0.25) is 0 Å². The second kappa shape index (κ2) is 8.62. The molecule has 0 saturated carbocycles. The maximum atomic E-state index is 13.2. The van der Waals surface area contributed by atoms with Gasteiger partial charge in [-0.2, -0.15) is 0 Å². The second-order valence-corrected chi connectivity index (χ2v) is 7.88. The van der Waals surface area contributed by atoms with Crippen molar-refractivity contribution in [2.24, 2.45) is 0 Å². The predicted octanol–water partition coefficient (Wildman–Crippen LogP) is 5.81. The van der Waals surface area contributed by atoms with Crippen LogP contribution in [0.25, 0.3) is 28.1 Å². The molecule has 1 aromatic heterocycles. The average Bonchev–Trinajstić information content (AvgIpc) is 2.77. The summed E-state index contributed by atoms with van der Waals surface area (Å²) in [6.45, 7) is 0. The van der Waals surface area contributed by atoms with Crippen LogP contribution in [0.5, 0.6) is 0 Å². The summed E-state index contributed by atoms with van der Waals surface area (Å²) in [5.41, 5.74) is 3.62. The van der Waals surface area contributed by atoms with Crippen LogP contribution < -0.4 is 10.5 Å². The van der Waals surface area contributed by atoms with Crippen molar-refractivity contribution in [1.29, 1.82) is 0 Å². The van der Waals surface area contributed by atoms with Crippen molar-refractivity contribution in [3.63, 3.8) is 0 Å². The highest BCUT2D eigenvalue weighted by Crippen LogP contribution is 2.31. The van der Waals surface area contributed by atoms with Crippen molar-refractivity contribution >= 4 is 40.1 Å². The number of carbonyl (C=O) groups is 1. The summed E-state index contributed by atoms with van der Waals surface area (Å²) in [4.78, 5) is 30.9. The minimum atomic E-state index is -0.425. The quantitative estimate of drug-likeness (QED) is 0.322. The number of aromatic nitrogens is 1. The highest BCUT2D eigenvalue weighted by Gasteiger charge is 2.19. The van der Waals surface area contributed by atoms with E-state index in [4.69, 9.17) is 11.6 Å². The normalized spacial score (nSPS) is 11.2. The highest BCUT2D eigenvalue weighted by atomic mass is 35.5. The third-order valence-electron chi connectivity index (χ3n) is 5.12. The van der Waals surface area contributed by atoms with E-state index in [1.165, 1.54) is 6.08 Å². The van der Waals surface area contributed by atoms with Crippen molar-refractivity contribution in [3.05, 3.63) is 105 Å². The fourth-order valence-electron chi connectivity index (χ4n) is 3.54. The van der Waals surface area contributed by atoms with Gasteiger partial charge in [0.05, 0.1) is 5.56 Å². The number of hydrogen-bond acceptors (Lipinski definition) is 3. The Morgan fingerprint density at radius 3 is 2.35 bits per heavy atom. The largest absolute Gasteiger partial charge is 0.378 e. The summed E-state index contributed by atoms with van der Waals surface area (Å²) < 4.78 is 0. The van der Waals surface area contributed by atoms with Gasteiger partial charge >= 0.3 is 0 Å². The molecule has 0 saturated heterocycles. The first kappa shape index (κ1) is 20.6. The number of nitrogens with zero attached hydrogens (tertiary/aromatic N) is 1. The van der Waals surface area contributed by atoms with Crippen LogP contribution in [0.3, 0.4) is 0 Å². The van der Waals surface area contributed by atoms with Gasteiger partial charge in [-0.1, -0.05) is 60.1 Å². The maximum Gasteiger partial charge on any atom is 0.260 e. The minimum absolute atomic E-state index is 0.0992. The predicted molar refractivity (Wildman–Crippen MR) is 129 cm³/mol. The van der Waals surface area contributed by atoms with Gasteiger partial charge in [0.1, 0.15) is 0 Å². The van der Waals surface area contributed by atoms with E-state index in [1.807, 2.05) is 73.6 Å². The number of nitrogens with one attached hydrogen (secondary N) is 1. The van der Waals surface area contributed by atoms with Gasteiger partial charge in [0.25, 0.3) is 5.56 Å². The molecule has 3 aromatic carbocycles. The van der Waals surface area contributed by atoms with Crippen LogP contribution in [0.2, 0.25) is 5.02 Å². The first-order valence-corrected chi connectivity index (χ1v) is 10.2. The number of benzene rings is 3. The zero-order valence-electron chi connectivity index (χ0n) is 17.2. The Morgan fingerprint density at radius 2 is 1.68 bits per heavy atom. The summed E-state index contributed by atoms with van der Waals surface area (Å²) in [6, 6.07) is 22.5. The van der Waals surface area contributed by atoms with Gasteiger partial charge in [-0.3, -0.25) is 9.59 Å². The van der Waals surface area contributed by atoms with E-state index in [0.29, 0.717) is 16.1 Å². The highest BCUT2D eigenvalue weighted by molar-refractivity contribution is 6.31. The van der Waals surface area contributed by atoms with E-state index in [9.17, 15) is 9.59 Å². The van der Waals surface area contributed by atoms with Crippen LogP contribution in [-0.2, 0) is 0 Å². The number of rotatable bonds is 5. The van der Waals surface area contributed by atoms with Gasteiger partial charge < -0.3 is 9.88 Å². The molecule has 0 unspecified atom stereocenters. The lowest BCUT2D eigenvalue weighted by Crippen LogP contribution is -2.18. The topological polar surface area (TPSA) is 53.2 Å². The van der Waals surface area contributed by atoms with Crippen LogP contribution in [0, 0.1) is 0 Å². The molecule has 0 amide bonds. The molecule has 154 valence electrons. The van der Waals surface area contributed by atoms with Crippen LogP contribution in [0.15, 0.2) is 83.7 Å². The van der Waals surface area contributed by atoms with E-state index < -0.39 is 5.56 Å². The number of aromatic amines is 1. The minimum Gasteiger partial charge on any atom is -0.378 e. The third-order valence-corrected chi connectivity index (χ3v) is 5.36. The summed E-state index contributed by atoms with van der Waals surface area (Å²) in [7, 11) is 3.94. The van der Waals surface area contributed by atoms with Crippen molar-refractivity contribution in [2.75, 3.05) is 19.0 Å². The lowest BCUT2D eigenvalue weighted by atomic mass is 9.94. The van der Waals surface area contributed by atoms with Crippen molar-refractivity contribution < 1.29 is 4.79 Å². The smallest absolute Gasteiger partial charge is 0.260 e. The number of hydrogen-bond donors (Lipinski definition) is 1. The monoisotopic (exact) mass is 428 g/mol. The molecule has 0 aliphatic carbocycles. The number of carbonyl (C=O) groups excluding carboxylic acids is 1. The fraction of sp³-hybridized carbons (Fsp3) is 0.0769. The molecule has 4 aromatic rings. The van der Waals surface area contributed by atoms with Crippen LogP contribution >= 0.6 is 11.6 Å². The molecule has 0 atom stereocenters. The average molecular weight is 429 g/mol. The Morgan fingerprint density at radius 1 is 0.968 bits per heavy atom. The first-order chi connectivity index (χ1) is 14.9. The number of ketones is 1. The lowest BCUT2D eigenvalue weighted by Gasteiger charge is -2.12. The number of halogens is 1. The molecule has 4 nitrogen and oxygen atoms in total.